The molecule has 9 heteroatoms. The fraction of sp³-hybridized carbons (Fsp3) is 0.316. The monoisotopic (exact) mass is 421 g/mol. The molecule has 0 unspecified atom stereocenters. The smallest absolute Gasteiger partial charge is 0.351 e. The van der Waals surface area contributed by atoms with E-state index in [-0.39, 0.29) is 25.3 Å². The first-order chi connectivity index (χ1) is 13.6. The van der Waals surface area contributed by atoms with Crippen LogP contribution in [0, 0.1) is 11.3 Å². The third-order valence-electron chi connectivity index (χ3n) is 3.47. The number of rotatable bonds is 10. The van der Waals surface area contributed by atoms with E-state index in [4.69, 9.17) is 25.5 Å². The Morgan fingerprint density at radius 1 is 1.43 bits per heavy atom. The Morgan fingerprint density at radius 3 is 2.93 bits per heavy atom. The molecule has 28 heavy (non-hydrogen) atoms. The van der Waals surface area contributed by atoms with Gasteiger partial charge in [0.25, 0.3) is 0 Å². The number of halogens is 1. The number of ether oxygens (including phenoxy) is 2. The topological polar surface area (TPSA) is 97.4 Å². The minimum Gasteiger partial charge on any atom is -0.459 e. The van der Waals surface area contributed by atoms with E-state index in [0.29, 0.717) is 28.2 Å². The molecular weight excluding hydrogens is 402 g/mol. The fourth-order valence-corrected chi connectivity index (χ4v) is 2.91. The number of hydrogen-bond acceptors (Lipinski definition) is 8. The van der Waals surface area contributed by atoms with Gasteiger partial charge in [0.1, 0.15) is 18.9 Å². The average molecular weight is 422 g/mol. The highest BCUT2D eigenvalue weighted by molar-refractivity contribution is 8.02. The van der Waals surface area contributed by atoms with Gasteiger partial charge in [0.15, 0.2) is 5.57 Å². The van der Waals surface area contributed by atoms with Crippen molar-refractivity contribution in [3.05, 3.63) is 51.8 Å². The molecule has 0 saturated heterocycles. The number of oxazole rings is 1. The molecule has 1 heterocycles. The van der Waals surface area contributed by atoms with Crippen LogP contribution in [0.2, 0.25) is 5.02 Å². The van der Waals surface area contributed by atoms with E-state index < -0.39 is 5.97 Å². The summed E-state index contributed by atoms with van der Waals surface area (Å²) in [5.41, 5.74) is 1.28. The van der Waals surface area contributed by atoms with Crippen LogP contribution in [0.1, 0.15) is 12.6 Å². The highest BCUT2D eigenvalue weighted by atomic mass is 35.5. The van der Waals surface area contributed by atoms with Gasteiger partial charge < -0.3 is 19.2 Å². The van der Waals surface area contributed by atoms with E-state index >= 15 is 0 Å². The van der Waals surface area contributed by atoms with Gasteiger partial charge in [0.2, 0.25) is 5.89 Å². The summed E-state index contributed by atoms with van der Waals surface area (Å²) in [6, 6.07) is 9.06. The van der Waals surface area contributed by atoms with Crippen molar-refractivity contribution in [3.8, 4) is 17.5 Å². The summed E-state index contributed by atoms with van der Waals surface area (Å²) < 4.78 is 15.7. The van der Waals surface area contributed by atoms with Crippen LogP contribution in [-0.2, 0) is 20.8 Å². The van der Waals surface area contributed by atoms with Gasteiger partial charge in [-0.15, -0.1) is 11.8 Å². The molecule has 0 atom stereocenters. The van der Waals surface area contributed by atoms with Gasteiger partial charge in [0.05, 0.1) is 23.9 Å². The number of thioether (sulfide) groups is 1. The molecular formula is C19H20ClN3O4S. The second kappa shape index (κ2) is 11.4. The molecule has 1 aromatic carbocycles. The fourth-order valence-electron chi connectivity index (χ4n) is 2.17. The number of carbonyl (C=O) groups excluding carboxylic acids is 1. The third kappa shape index (κ3) is 6.30. The predicted molar refractivity (Wildman–Crippen MR) is 107 cm³/mol. The Bertz CT molecular complexity index is 876. The molecule has 0 radical (unpaired) electrons. The van der Waals surface area contributed by atoms with Crippen molar-refractivity contribution in [2.75, 3.05) is 26.1 Å². The highest BCUT2D eigenvalue weighted by Gasteiger charge is 2.17. The molecule has 148 valence electrons. The van der Waals surface area contributed by atoms with Crippen molar-refractivity contribution in [2.45, 2.75) is 13.5 Å². The van der Waals surface area contributed by atoms with Crippen LogP contribution in [0.25, 0.3) is 11.5 Å². The quantitative estimate of drug-likeness (QED) is 0.268. The molecule has 0 bridgehead atoms. The Morgan fingerprint density at radius 2 is 2.25 bits per heavy atom. The van der Waals surface area contributed by atoms with Crippen LogP contribution in [0.5, 0.6) is 0 Å². The average Bonchev–Trinajstić information content (AvgIpc) is 3.17. The number of benzene rings is 1. The van der Waals surface area contributed by atoms with Crippen LogP contribution < -0.4 is 5.32 Å². The van der Waals surface area contributed by atoms with Gasteiger partial charge in [-0.25, -0.2) is 9.78 Å². The van der Waals surface area contributed by atoms with Gasteiger partial charge in [-0.2, -0.15) is 5.26 Å². The molecule has 0 aliphatic carbocycles. The largest absolute Gasteiger partial charge is 0.459 e. The number of carbonyl (C=O) groups is 1. The normalized spacial score (nSPS) is 11.5. The van der Waals surface area contributed by atoms with E-state index in [1.165, 1.54) is 18.0 Å². The minimum absolute atomic E-state index is 0.0891. The zero-order chi connectivity index (χ0) is 20.4. The number of esters is 1. The number of nitriles is 1. The predicted octanol–water partition coefficient (Wildman–Crippen LogP) is 3.76. The van der Waals surface area contributed by atoms with E-state index in [9.17, 15) is 10.1 Å². The van der Waals surface area contributed by atoms with Gasteiger partial charge in [-0.3, -0.25) is 0 Å². The van der Waals surface area contributed by atoms with E-state index in [0.717, 1.165) is 5.56 Å². The highest BCUT2D eigenvalue weighted by Crippen LogP contribution is 2.22. The molecule has 1 N–H and O–H groups in total. The Kier molecular flexibility index (Phi) is 8.88. The molecule has 2 aromatic rings. The van der Waals surface area contributed by atoms with Crippen LogP contribution >= 0.6 is 23.4 Å². The summed E-state index contributed by atoms with van der Waals surface area (Å²) in [7, 11) is 0. The van der Waals surface area contributed by atoms with E-state index in [2.05, 4.69) is 10.3 Å². The zero-order valence-electron chi connectivity index (χ0n) is 15.5. The third-order valence-corrected chi connectivity index (χ3v) is 4.46. The summed E-state index contributed by atoms with van der Waals surface area (Å²) in [5.74, 6) is -0.261. The lowest BCUT2D eigenvalue weighted by molar-refractivity contribution is -0.140. The SMILES string of the molecule is CCOCCOC(=O)/C(C#N)=C(\NCc1coc(-c2cccc(Cl)c2)n1)SC. The standard InChI is InChI=1S/C19H20ClN3O4S/c1-3-25-7-8-26-19(24)16(10-21)18(28-2)22-11-15-12-27-17(23-15)13-5-4-6-14(20)9-13/h4-6,9,12,22H,3,7-8,11H2,1-2H3/b18-16+. The van der Waals surface area contributed by atoms with Crippen LogP contribution in [0.15, 0.2) is 45.5 Å². The Balaban J connectivity index is 2.03. The van der Waals surface area contributed by atoms with Crippen molar-refractivity contribution >= 4 is 29.3 Å². The molecule has 0 fully saturated rings. The van der Waals surface area contributed by atoms with Gasteiger partial charge in [0, 0.05) is 17.2 Å². The first kappa shape index (κ1) is 21.8. The summed E-state index contributed by atoms with van der Waals surface area (Å²) in [5, 5.41) is 13.4. The Hall–Kier alpha value is -2.47. The van der Waals surface area contributed by atoms with Crippen molar-refractivity contribution in [1.29, 1.82) is 5.26 Å². The van der Waals surface area contributed by atoms with Crippen LogP contribution in [-0.4, -0.2) is 37.0 Å². The van der Waals surface area contributed by atoms with Gasteiger partial charge >= 0.3 is 5.97 Å². The molecule has 0 aliphatic rings. The lowest BCUT2D eigenvalue weighted by atomic mass is 10.2. The van der Waals surface area contributed by atoms with Gasteiger partial charge in [-0.05, 0) is 31.4 Å². The van der Waals surface area contributed by atoms with Gasteiger partial charge in [-0.1, -0.05) is 17.7 Å². The second-order valence-corrected chi connectivity index (χ2v) is 6.61. The minimum atomic E-state index is -0.696. The van der Waals surface area contributed by atoms with Crippen LogP contribution in [0.4, 0.5) is 0 Å². The lowest BCUT2D eigenvalue weighted by Crippen LogP contribution is -2.19. The molecule has 0 spiro atoms. The zero-order valence-corrected chi connectivity index (χ0v) is 17.1. The number of nitrogens with zero attached hydrogens (tertiary/aromatic N) is 2. The molecule has 7 nitrogen and oxygen atoms in total. The van der Waals surface area contributed by atoms with Crippen LogP contribution in [0.3, 0.4) is 0 Å². The summed E-state index contributed by atoms with van der Waals surface area (Å²) >= 11 is 7.22. The first-order valence-corrected chi connectivity index (χ1v) is 10.1. The summed E-state index contributed by atoms with van der Waals surface area (Å²) in [6.07, 6.45) is 3.26. The number of hydrogen-bond donors (Lipinski definition) is 1. The molecule has 2 rings (SSSR count). The summed E-state index contributed by atoms with van der Waals surface area (Å²) in [4.78, 5) is 16.5. The first-order valence-electron chi connectivity index (χ1n) is 8.46. The maximum Gasteiger partial charge on any atom is 0.351 e. The molecule has 0 saturated carbocycles. The van der Waals surface area contributed by atoms with Crippen molar-refractivity contribution in [3.63, 3.8) is 0 Å². The molecule has 0 amide bonds. The lowest BCUT2D eigenvalue weighted by Gasteiger charge is -2.10. The van der Waals surface area contributed by atoms with E-state index in [1.807, 2.05) is 25.1 Å². The number of aromatic nitrogens is 1. The molecule has 0 aliphatic heterocycles. The summed E-state index contributed by atoms with van der Waals surface area (Å²) in [6.45, 7) is 3.03. The van der Waals surface area contributed by atoms with Crippen molar-refractivity contribution < 1.29 is 18.7 Å². The Labute approximate surface area is 172 Å². The maximum atomic E-state index is 12.1. The number of nitrogens with one attached hydrogen (secondary N) is 1. The van der Waals surface area contributed by atoms with E-state index in [1.54, 1.807) is 18.4 Å². The second-order valence-electron chi connectivity index (χ2n) is 5.36. The maximum absolute atomic E-state index is 12.1. The van der Waals surface area contributed by atoms with Crippen molar-refractivity contribution in [1.82, 2.24) is 10.3 Å². The van der Waals surface area contributed by atoms with Crippen molar-refractivity contribution in [2.24, 2.45) is 0 Å². The molecule has 1 aromatic heterocycles.